The molecule has 0 aliphatic heterocycles. The van der Waals surface area contributed by atoms with Crippen LogP contribution in [0.15, 0.2) is 23.3 Å². The second kappa shape index (κ2) is 11.4. The number of aromatic nitrogens is 1. The Bertz CT molecular complexity index is 889. The van der Waals surface area contributed by atoms with Gasteiger partial charge < -0.3 is 18.8 Å². The second-order valence-electron chi connectivity index (χ2n) is 7.63. The lowest BCUT2D eigenvalue weighted by Crippen LogP contribution is -2.18. The molecule has 0 bridgehead atoms. The molecule has 0 radical (unpaired) electrons. The first-order chi connectivity index (χ1) is 14.8. The molecule has 7 nitrogen and oxygen atoms in total. The van der Waals surface area contributed by atoms with Gasteiger partial charge >= 0.3 is 0 Å². The lowest BCUT2D eigenvalue weighted by atomic mass is 10.1. The van der Waals surface area contributed by atoms with Gasteiger partial charge in [-0.2, -0.15) is 5.10 Å². The largest absolute Gasteiger partial charge is 0.490 e. The number of hydrogen-bond donors (Lipinski definition) is 1. The first-order valence-corrected chi connectivity index (χ1v) is 10.9. The molecule has 0 aliphatic carbocycles. The lowest BCUT2D eigenvalue weighted by Gasteiger charge is -2.16. The number of benzene rings is 1. The standard InChI is InChI=1S/C24H35N3O4/c1-8-29-21-12-19(13-22(30-9-2)23(21)31-10-3)24(28)26-25-14-20-11-17(6)27(18(20)7)15-16(4)5/h11-14,16H,8-10,15H2,1-7H3,(H,26,28)/b25-14-. The van der Waals surface area contributed by atoms with Crippen LogP contribution in [0.5, 0.6) is 17.2 Å². The Labute approximate surface area is 185 Å². The molecule has 7 heteroatoms. The number of nitrogens with one attached hydrogen (secondary N) is 1. The number of carbonyl (C=O) groups is 1. The molecule has 0 atom stereocenters. The zero-order valence-corrected chi connectivity index (χ0v) is 19.7. The maximum absolute atomic E-state index is 12.7. The Morgan fingerprint density at radius 2 is 1.61 bits per heavy atom. The molecule has 170 valence electrons. The van der Waals surface area contributed by atoms with Crippen molar-refractivity contribution >= 4 is 12.1 Å². The molecule has 0 saturated heterocycles. The van der Waals surface area contributed by atoms with E-state index in [1.165, 1.54) is 5.69 Å². The summed E-state index contributed by atoms with van der Waals surface area (Å²) in [6.45, 7) is 16.5. The average Bonchev–Trinajstić information content (AvgIpc) is 2.97. The van der Waals surface area contributed by atoms with Crippen LogP contribution in [0.25, 0.3) is 0 Å². The second-order valence-corrected chi connectivity index (χ2v) is 7.63. The molecule has 2 aromatic rings. The Morgan fingerprint density at radius 1 is 1.03 bits per heavy atom. The van der Waals surface area contributed by atoms with E-state index in [9.17, 15) is 4.79 Å². The maximum atomic E-state index is 12.7. The van der Waals surface area contributed by atoms with Crippen LogP contribution in [-0.2, 0) is 6.54 Å². The fourth-order valence-electron chi connectivity index (χ4n) is 3.35. The highest BCUT2D eigenvalue weighted by atomic mass is 16.5. The third kappa shape index (κ3) is 6.26. The zero-order valence-electron chi connectivity index (χ0n) is 19.7. The summed E-state index contributed by atoms with van der Waals surface area (Å²) in [6, 6.07) is 5.37. The first kappa shape index (κ1) is 24.3. The molecule has 1 aromatic heterocycles. The van der Waals surface area contributed by atoms with E-state index in [0.717, 1.165) is 17.8 Å². The Hall–Kier alpha value is -2.96. The molecular weight excluding hydrogens is 394 g/mol. The van der Waals surface area contributed by atoms with E-state index in [0.29, 0.717) is 48.6 Å². The number of aryl methyl sites for hydroxylation is 1. The number of nitrogens with zero attached hydrogens (tertiary/aromatic N) is 2. The number of rotatable bonds is 11. The van der Waals surface area contributed by atoms with Crippen LogP contribution in [-0.4, -0.2) is 36.5 Å². The van der Waals surface area contributed by atoms with Gasteiger partial charge in [-0.1, -0.05) is 13.8 Å². The van der Waals surface area contributed by atoms with E-state index in [4.69, 9.17) is 14.2 Å². The fourth-order valence-corrected chi connectivity index (χ4v) is 3.35. The highest BCUT2D eigenvalue weighted by molar-refractivity contribution is 5.96. The molecule has 2 rings (SSSR count). The molecule has 1 aromatic carbocycles. The number of hydrazone groups is 1. The minimum atomic E-state index is -0.350. The van der Waals surface area contributed by atoms with Gasteiger partial charge in [0.1, 0.15) is 0 Å². The topological polar surface area (TPSA) is 74.1 Å². The van der Waals surface area contributed by atoms with Crippen LogP contribution in [0.4, 0.5) is 0 Å². The molecule has 0 saturated carbocycles. The third-order valence-corrected chi connectivity index (χ3v) is 4.70. The highest BCUT2D eigenvalue weighted by Gasteiger charge is 2.18. The van der Waals surface area contributed by atoms with Gasteiger partial charge in [0.25, 0.3) is 5.91 Å². The van der Waals surface area contributed by atoms with E-state index in [2.05, 4.69) is 48.9 Å². The molecule has 0 spiro atoms. The Balaban J connectivity index is 2.23. The van der Waals surface area contributed by atoms with Crippen LogP contribution in [0.2, 0.25) is 0 Å². The maximum Gasteiger partial charge on any atom is 0.271 e. The normalized spacial score (nSPS) is 11.2. The van der Waals surface area contributed by atoms with Gasteiger partial charge in [0, 0.05) is 29.1 Å². The summed E-state index contributed by atoms with van der Waals surface area (Å²) in [6.07, 6.45) is 1.68. The number of hydrogen-bond acceptors (Lipinski definition) is 5. The van der Waals surface area contributed by atoms with E-state index >= 15 is 0 Å². The van der Waals surface area contributed by atoms with Crippen molar-refractivity contribution < 1.29 is 19.0 Å². The fraction of sp³-hybridized carbons (Fsp3) is 0.500. The summed E-state index contributed by atoms with van der Waals surface area (Å²) in [5, 5.41) is 4.17. The SMILES string of the molecule is CCOc1cc(C(=O)N/N=C\c2cc(C)n(CC(C)C)c2C)cc(OCC)c1OCC. The summed E-state index contributed by atoms with van der Waals surface area (Å²) in [4.78, 5) is 12.7. The Morgan fingerprint density at radius 3 is 2.13 bits per heavy atom. The van der Waals surface area contributed by atoms with E-state index in [1.54, 1.807) is 18.3 Å². The minimum Gasteiger partial charge on any atom is -0.490 e. The van der Waals surface area contributed by atoms with Crippen molar-refractivity contribution in [1.29, 1.82) is 0 Å². The molecule has 0 aliphatic rings. The van der Waals surface area contributed by atoms with Crippen molar-refractivity contribution in [2.24, 2.45) is 11.0 Å². The van der Waals surface area contributed by atoms with Crippen molar-refractivity contribution in [3.63, 3.8) is 0 Å². The summed E-state index contributed by atoms with van der Waals surface area (Å²) in [5.41, 5.74) is 6.27. The summed E-state index contributed by atoms with van der Waals surface area (Å²) in [7, 11) is 0. The van der Waals surface area contributed by atoms with Crippen molar-refractivity contribution in [1.82, 2.24) is 9.99 Å². The summed E-state index contributed by atoms with van der Waals surface area (Å²) >= 11 is 0. The average molecular weight is 430 g/mol. The summed E-state index contributed by atoms with van der Waals surface area (Å²) in [5.74, 6) is 1.65. The van der Waals surface area contributed by atoms with Gasteiger partial charge in [-0.3, -0.25) is 4.79 Å². The predicted octanol–water partition coefficient (Wildman–Crippen LogP) is 4.72. The molecule has 1 amide bonds. The third-order valence-electron chi connectivity index (χ3n) is 4.70. The van der Waals surface area contributed by atoms with E-state index in [-0.39, 0.29) is 5.91 Å². The van der Waals surface area contributed by atoms with Crippen molar-refractivity contribution in [3.05, 3.63) is 40.7 Å². The van der Waals surface area contributed by atoms with E-state index in [1.807, 2.05) is 20.8 Å². The van der Waals surface area contributed by atoms with E-state index < -0.39 is 0 Å². The number of amides is 1. The predicted molar refractivity (Wildman–Crippen MR) is 124 cm³/mol. The van der Waals surface area contributed by atoms with Gasteiger partial charge in [0.05, 0.1) is 26.0 Å². The monoisotopic (exact) mass is 429 g/mol. The van der Waals surface area contributed by atoms with Gasteiger partial charge in [-0.25, -0.2) is 5.43 Å². The van der Waals surface area contributed by atoms with Crippen molar-refractivity contribution in [3.8, 4) is 17.2 Å². The van der Waals surface area contributed by atoms with Gasteiger partial charge in [0.2, 0.25) is 5.75 Å². The smallest absolute Gasteiger partial charge is 0.271 e. The van der Waals surface area contributed by atoms with Crippen LogP contribution in [0.3, 0.4) is 0 Å². The molecule has 1 N–H and O–H groups in total. The molecule has 1 heterocycles. The number of carbonyl (C=O) groups excluding carboxylic acids is 1. The van der Waals surface area contributed by atoms with Crippen LogP contribution < -0.4 is 19.6 Å². The van der Waals surface area contributed by atoms with Gasteiger partial charge in [-0.15, -0.1) is 0 Å². The number of ether oxygens (including phenoxy) is 3. The van der Waals surface area contributed by atoms with Gasteiger partial charge in [-0.05, 0) is 58.7 Å². The summed E-state index contributed by atoms with van der Waals surface area (Å²) < 4.78 is 19.3. The minimum absolute atomic E-state index is 0.350. The van der Waals surface area contributed by atoms with Crippen LogP contribution >= 0.6 is 0 Å². The first-order valence-electron chi connectivity index (χ1n) is 10.9. The highest BCUT2D eigenvalue weighted by Crippen LogP contribution is 2.39. The quantitative estimate of drug-likeness (QED) is 0.414. The zero-order chi connectivity index (χ0) is 23.0. The molecule has 31 heavy (non-hydrogen) atoms. The molecule has 0 fully saturated rings. The lowest BCUT2D eigenvalue weighted by molar-refractivity contribution is 0.0954. The molecule has 0 unspecified atom stereocenters. The van der Waals surface area contributed by atoms with Crippen molar-refractivity contribution in [2.45, 2.75) is 55.0 Å². The van der Waals surface area contributed by atoms with Crippen molar-refractivity contribution in [2.75, 3.05) is 19.8 Å². The molecular formula is C24H35N3O4. The van der Waals surface area contributed by atoms with Crippen LogP contribution in [0.1, 0.15) is 61.9 Å². The van der Waals surface area contributed by atoms with Crippen LogP contribution in [0, 0.1) is 19.8 Å². The van der Waals surface area contributed by atoms with Gasteiger partial charge in [0.15, 0.2) is 11.5 Å². The Kier molecular flexibility index (Phi) is 8.97.